The lowest BCUT2D eigenvalue weighted by Crippen LogP contribution is -2.48. The quantitative estimate of drug-likeness (QED) is 0.798. The number of carbonyl (C=O) groups excluding carboxylic acids is 1. The van der Waals surface area contributed by atoms with E-state index >= 15 is 0 Å². The fourth-order valence-electron chi connectivity index (χ4n) is 2.80. The predicted octanol–water partition coefficient (Wildman–Crippen LogP) is 3.43. The van der Waals surface area contributed by atoms with Crippen molar-refractivity contribution in [3.8, 4) is 5.75 Å². The summed E-state index contributed by atoms with van der Waals surface area (Å²) in [6.07, 6.45) is 3.62. The number of benzene rings is 1. The van der Waals surface area contributed by atoms with Gasteiger partial charge in [0.05, 0.1) is 7.11 Å². The van der Waals surface area contributed by atoms with Crippen LogP contribution < -0.4 is 9.64 Å². The van der Waals surface area contributed by atoms with E-state index in [2.05, 4.69) is 24.0 Å². The molecule has 0 aliphatic carbocycles. The van der Waals surface area contributed by atoms with Crippen LogP contribution in [0.15, 0.2) is 41.8 Å². The average molecular weight is 342 g/mol. The fourth-order valence-corrected chi connectivity index (χ4v) is 3.62. The van der Waals surface area contributed by atoms with Crippen LogP contribution >= 0.6 is 11.3 Å². The van der Waals surface area contributed by atoms with Gasteiger partial charge in [-0.2, -0.15) is 0 Å². The van der Waals surface area contributed by atoms with Crippen LogP contribution in [0.5, 0.6) is 5.75 Å². The minimum absolute atomic E-state index is 0.0908. The van der Waals surface area contributed by atoms with Gasteiger partial charge in [-0.3, -0.25) is 4.79 Å². The van der Waals surface area contributed by atoms with Gasteiger partial charge in [0.1, 0.15) is 5.75 Å². The highest BCUT2D eigenvalue weighted by Gasteiger charge is 2.20. The first-order valence-corrected chi connectivity index (χ1v) is 8.95. The molecule has 5 heteroatoms. The third-order valence-corrected chi connectivity index (χ3v) is 5.27. The number of nitrogens with zero attached hydrogens (tertiary/aromatic N) is 2. The van der Waals surface area contributed by atoms with Gasteiger partial charge in [0.25, 0.3) is 0 Å². The van der Waals surface area contributed by atoms with E-state index in [0.29, 0.717) is 0 Å². The normalized spacial score (nSPS) is 15.1. The molecule has 2 aromatic rings. The molecule has 0 bridgehead atoms. The molecule has 0 spiro atoms. The molecular weight excluding hydrogens is 320 g/mol. The van der Waals surface area contributed by atoms with Gasteiger partial charge >= 0.3 is 0 Å². The molecule has 0 unspecified atom stereocenters. The summed E-state index contributed by atoms with van der Waals surface area (Å²) in [6.45, 7) is 5.22. The first-order valence-electron chi connectivity index (χ1n) is 8.07. The van der Waals surface area contributed by atoms with Crippen molar-refractivity contribution in [3.05, 3.63) is 52.2 Å². The van der Waals surface area contributed by atoms with Crippen LogP contribution in [0.2, 0.25) is 0 Å². The Morgan fingerprint density at radius 2 is 2.00 bits per heavy atom. The van der Waals surface area contributed by atoms with E-state index in [9.17, 15) is 4.79 Å². The number of carbonyl (C=O) groups is 1. The second-order valence-electron chi connectivity index (χ2n) is 5.82. The maximum absolute atomic E-state index is 12.4. The van der Waals surface area contributed by atoms with E-state index in [4.69, 9.17) is 4.74 Å². The van der Waals surface area contributed by atoms with Crippen molar-refractivity contribution in [3.63, 3.8) is 0 Å². The molecule has 0 atom stereocenters. The summed E-state index contributed by atoms with van der Waals surface area (Å²) in [7, 11) is 1.68. The van der Waals surface area contributed by atoms with Crippen molar-refractivity contribution >= 4 is 29.0 Å². The van der Waals surface area contributed by atoms with Crippen molar-refractivity contribution in [2.45, 2.75) is 6.92 Å². The number of hydrogen-bond donors (Lipinski definition) is 0. The SMILES string of the molecule is COc1cccc(N2CCN(C(=O)C=Cc3sccc3C)CC2)c1. The van der Waals surface area contributed by atoms with E-state index in [1.807, 2.05) is 34.6 Å². The number of rotatable bonds is 4. The van der Waals surface area contributed by atoms with Gasteiger partial charge in [-0.05, 0) is 42.1 Å². The average Bonchev–Trinajstić information content (AvgIpc) is 3.05. The van der Waals surface area contributed by atoms with Crippen molar-refractivity contribution in [1.82, 2.24) is 4.90 Å². The van der Waals surface area contributed by atoms with Crippen LogP contribution in [0.4, 0.5) is 5.69 Å². The summed E-state index contributed by atoms with van der Waals surface area (Å²) < 4.78 is 5.28. The van der Waals surface area contributed by atoms with Gasteiger partial charge in [0, 0.05) is 48.9 Å². The number of methoxy groups -OCH3 is 1. The number of hydrogen-bond acceptors (Lipinski definition) is 4. The summed E-state index contributed by atoms with van der Waals surface area (Å²) in [6, 6.07) is 10.1. The zero-order valence-electron chi connectivity index (χ0n) is 14.1. The lowest BCUT2D eigenvalue weighted by molar-refractivity contribution is -0.126. The largest absolute Gasteiger partial charge is 0.497 e. The van der Waals surface area contributed by atoms with Crippen LogP contribution in [0.1, 0.15) is 10.4 Å². The number of amides is 1. The van der Waals surface area contributed by atoms with Gasteiger partial charge in [-0.25, -0.2) is 0 Å². The van der Waals surface area contributed by atoms with Crippen LogP contribution in [-0.4, -0.2) is 44.1 Å². The maximum atomic E-state index is 12.4. The zero-order chi connectivity index (χ0) is 16.9. The lowest BCUT2D eigenvalue weighted by atomic mass is 10.2. The highest BCUT2D eigenvalue weighted by atomic mass is 32.1. The monoisotopic (exact) mass is 342 g/mol. The summed E-state index contributed by atoms with van der Waals surface area (Å²) in [5.41, 5.74) is 2.36. The van der Waals surface area contributed by atoms with Crippen molar-refractivity contribution in [2.24, 2.45) is 0 Å². The molecule has 1 amide bonds. The first kappa shape index (κ1) is 16.6. The third kappa shape index (κ3) is 3.79. The van der Waals surface area contributed by atoms with Crippen LogP contribution in [0, 0.1) is 6.92 Å². The molecule has 1 aromatic heterocycles. The number of piperazine rings is 1. The molecule has 0 saturated carbocycles. The van der Waals surface area contributed by atoms with Crippen LogP contribution in [0.3, 0.4) is 0 Å². The maximum Gasteiger partial charge on any atom is 0.246 e. The van der Waals surface area contributed by atoms with E-state index in [-0.39, 0.29) is 5.91 Å². The molecule has 0 radical (unpaired) electrons. The summed E-state index contributed by atoms with van der Waals surface area (Å²) in [4.78, 5) is 17.7. The number of aryl methyl sites for hydroxylation is 1. The Kier molecular flexibility index (Phi) is 5.20. The molecule has 0 N–H and O–H groups in total. The predicted molar refractivity (Wildman–Crippen MR) is 99.9 cm³/mol. The zero-order valence-corrected chi connectivity index (χ0v) is 14.9. The van der Waals surface area contributed by atoms with Gasteiger partial charge in [0.2, 0.25) is 5.91 Å². The molecule has 1 saturated heterocycles. The number of thiophene rings is 1. The third-order valence-electron chi connectivity index (χ3n) is 4.29. The van der Waals surface area contributed by atoms with Crippen LogP contribution in [-0.2, 0) is 4.79 Å². The second-order valence-corrected chi connectivity index (χ2v) is 6.76. The fraction of sp³-hybridized carbons (Fsp3) is 0.316. The number of ether oxygens (including phenoxy) is 1. The molecule has 24 heavy (non-hydrogen) atoms. The summed E-state index contributed by atoms with van der Waals surface area (Å²) in [5, 5.41) is 2.05. The summed E-state index contributed by atoms with van der Waals surface area (Å²) in [5.74, 6) is 0.952. The van der Waals surface area contributed by atoms with Crippen LogP contribution in [0.25, 0.3) is 6.08 Å². The van der Waals surface area contributed by atoms with Gasteiger partial charge in [0.15, 0.2) is 0 Å². The second kappa shape index (κ2) is 7.53. The molecule has 1 aromatic carbocycles. The first-order chi connectivity index (χ1) is 11.7. The Balaban J connectivity index is 1.57. The molecule has 3 rings (SSSR count). The van der Waals surface area contributed by atoms with E-state index in [1.165, 1.54) is 5.56 Å². The van der Waals surface area contributed by atoms with Crippen molar-refractivity contribution in [2.75, 3.05) is 38.2 Å². The van der Waals surface area contributed by atoms with E-state index in [1.54, 1.807) is 24.5 Å². The molecule has 2 heterocycles. The molecule has 126 valence electrons. The Labute approximate surface area is 147 Å². The Hall–Kier alpha value is -2.27. The Morgan fingerprint density at radius 1 is 1.21 bits per heavy atom. The van der Waals surface area contributed by atoms with Gasteiger partial charge in [-0.1, -0.05) is 6.07 Å². The highest BCUT2D eigenvalue weighted by molar-refractivity contribution is 7.11. The standard InChI is InChI=1S/C19H22N2O2S/c1-15-8-13-24-18(15)6-7-19(22)21-11-9-20(10-12-21)16-4-3-5-17(14-16)23-2/h3-8,13-14H,9-12H2,1-2H3. The van der Waals surface area contributed by atoms with Crippen molar-refractivity contribution in [1.29, 1.82) is 0 Å². The molecule has 1 aliphatic heterocycles. The minimum Gasteiger partial charge on any atom is -0.497 e. The molecular formula is C19H22N2O2S. The van der Waals surface area contributed by atoms with Crippen molar-refractivity contribution < 1.29 is 9.53 Å². The molecule has 1 fully saturated rings. The minimum atomic E-state index is 0.0908. The Morgan fingerprint density at radius 3 is 2.67 bits per heavy atom. The smallest absolute Gasteiger partial charge is 0.246 e. The van der Waals surface area contributed by atoms with E-state index < -0.39 is 0 Å². The summed E-state index contributed by atoms with van der Waals surface area (Å²) >= 11 is 1.66. The van der Waals surface area contributed by atoms with Gasteiger partial charge in [-0.15, -0.1) is 11.3 Å². The Bertz CT molecular complexity index is 730. The topological polar surface area (TPSA) is 32.8 Å². The number of anilines is 1. The van der Waals surface area contributed by atoms with Gasteiger partial charge < -0.3 is 14.5 Å². The molecule has 4 nitrogen and oxygen atoms in total. The van der Waals surface area contributed by atoms with E-state index in [0.717, 1.165) is 42.5 Å². The lowest BCUT2D eigenvalue weighted by Gasteiger charge is -2.35. The highest BCUT2D eigenvalue weighted by Crippen LogP contribution is 2.22. The molecule has 1 aliphatic rings.